The molecule has 0 atom stereocenters. The van der Waals surface area contributed by atoms with Crippen molar-refractivity contribution in [3.8, 4) is 0 Å². The van der Waals surface area contributed by atoms with Gasteiger partial charge in [0, 0.05) is 0 Å². The van der Waals surface area contributed by atoms with Gasteiger partial charge in [-0.3, -0.25) is 0 Å². The van der Waals surface area contributed by atoms with Crippen LogP contribution in [0, 0.1) is 11.8 Å². The Bertz CT molecular complexity index is 788. The lowest BCUT2D eigenvalue weighted by Gasteiger charge is -2.15. The number of hydrogen-bond acceptors (Lipinski definition) is 0. The van der Waals surface area contributed by atoms with Crippen LogP contribution in [0.5, 0.6) is 0 Å². The molecule has 0 heterocycles. The average molecular weight is 471 g/mol. The van der Waals surface area contributed by atoms with Crippen LogP contribution in [0.2, 0.25) is 0 Å². The van der Waals surface area contributed by atoms with Crippen molar-refractivity contribution < 1.29 is 0 Å². The Morgan fingerprint density at radius 3 is 1.26 bits per heavy atom. The van der Waals surface area contributed by atoms with Crippen LogP contribution in [0.25, 0.3) is 0 Å². The zero-order valence-corrected chi connectivity index (χ0v) is 23.2. The van der Waals surface area contributed by atoms with Crippen LogP contribution < -0.4 is 0 Å². The topological polar surface area (TPSA) is 0 Å². The molecule has 3 aromatic rings. The van der Waals surface area contributed by atoms with Gasteiger partial charge in [-0.15, -0.1) is 0 Å². The highest BCUT2D eigenvalue weighted by Crippen LogP contribution is 2.20. The van der Waals surface area contributed by atoms with Gasteiger partial charge in [0.2, 0.25) is 0 Å². The molecule has 0 N–H and O–H groups in total. The number of allylic oxidation sites excluding steroid dienone is 4. The lowest BCUT2D eigenvalue weighted by molar-refractivity contribution is 0.517. The van der Waals surface area contributed by atoms with E-state index in [1.165, 1.54) is 30.4 Å². The molecule has 0 saturated carbocycles. The fourth-order valence-corrected chi connectivity index (χ4v) is 3.51. The van der Waals surface area contributed by atoms with Crippen LogP contribution in [0.4, 0.5) is 0 Å². The summed E-state index contributed by atoms with van der Waals surface area (Å²) >= 11 is 0. The summed E-state index contributed by atoms with van der Waals surface area (Å²) in [4.78, 5) is 0. The fraction of sp³-hybridized carbons (Fsp3) is 0.371. The number of benzene rings is 3. The van der Waals surface area contributed by atoms with Crippen LogP contribution in [0.3, 0.4) is 0 Å². The van der Waals surface area contributed by atoms with E-state index in [1.54, 1.807) is 0 Å². The molecule has 0 radical (unpaired) electrons. The molecular formula is C35H50. The van der Waals surface area contributed by atoms with Crippen LogP contribution in [0.1, 0.15) is 71.9 Å². The van der Waals surface area contributed by atoms with Crippen molar-refractivity contribution in [1.82, 2.24) is 0 Å². The third kappa shape index (κ3) is 17.3. The fourth-order valence-electron chi connectivity index (χ4n) is 3.51. The Kier molecular flexibility index (Phi) is 22.3. The van der Waals surface area contributed by atoms with Gasteiger partial charge < -0.3 is 0 Å². The van der Waals surface area contributed by atoms with Crippen molar-refractivity contribution in [2.45, 2.75) is 73.6 Å². The summed E-state index contributed by atoms with van der Waals surface area (Å²) in [5.74, 6) is 1.43. The van der Waals surface area contributed by atoms with Crippen LogP contribution in [0.15, 0.2) is 121 Å². The van der Waals surface area contributed by atoms with Gasteiger partial charge in [0.25, 0.3) is 0 Å². The second kappa shape index (κ2) is 24.3. The SMILES string of the molecule is CC.CC.CCC1CC=CC(Cc2ccccc2)C=CC1.CCc1ccccc1.c1ccccc1. The van der Waals surface area contributed by atoms with Gasteiger partial charge >= 0.3 is 0 Å². The third-order valence-electron chi connectivity index (χ3n) is 5.51. The molecule has 0 aromatic heterocycles. The van der Waals surface area contributed by atoms with Crippen molar-refractivity contribution in [2.24, 2.45) is 11.8 Å². The molecule has 35 heavy (non-hydrogen) atoms. The van der Waals surface area contributed by atoms with Crippen molar-refractivity contribution in [2.75, 3.05) is 0 Å². The Labute approximate surface area is 217 Å². The van der Waals surface area contributed by atoms with Crippen LogP contribution in [-0.2, 0) is 12.8 Å². The Morgan fingerprint density at radius 2 is 0.914 bits per heavy atom. The molecule has 1 aliphatic carbocycles. The van der Waals surface area contributed by atoms with E-state index in [9.17, 15) is 0 Å². The quantitative estimate of drug-likeness (QED) is 0.333. The first kappa shape index (κ1) is 32.1. The van der Waals surface area contributed by atoms with Crippen molar-refractivity contribution >= 4 is 0 Å². The Hall–Kier alpha value is -2.86. The zero-order valence-electron chi connectivity index (χ0n) is 23.2. The second-order valence-corrected chi connectivity index (χ2v) is 7.95. The van der Waals surface area contributed by atoms with E-state index in [1.807, 2.05) is 70.2 Å². The highest BCUT2D eigenvalue weighted by atomic mass is 14.1. The van der Waals surface area contributed by atoms with Gasteiger partial charge in [-0.2, -0.15) is 0 Å². The normalized spacial score (nSPS) is 15.6. The first-order chi connectivity index (χ1) is 17.3. The predicted molar refractivity (Wildman–Crippen MR) is 160 cm³/mol. The summed E-state index contributed by atoms with van der Waals surface area (Å²) in [5.41, 5.74) is 2.84. The van der Waals surface area contributed by atoms with E-state index in [0.717, 1.165) is 18.8 Å². The molecule has 3 aromatic carbocycles. The zero-order chi connectivity index (χ0) is 26.0. The van der Waals surface area contributed by atoms with Crippen LogP contribution in [-0.4, -0.2) is 0 Å². The first-order valence-corrected chi connectivity index (χ1v) is 13.7. The molecule has 190 valence electrons. The molecule has 0 spiro atoms. The molecule has 0 amide bonds. The van der Waals surface area contributed by atoms with Gasteiger partial charge in [-0.1, -0.05) is 169 Å². The summed E-state index contributed by atoms with van der Waals surface area (Å²) in [6.45, 7) is 12.4. The molecule has 0 nitrogen and oxygen atoms in total. The van der Waals surface area contributed by atoms with Gasteiger partial charge in [-0.25, -0.2) is 0 Å². The van der Waals surface area contributed by atoms with Gasteiger partial charge in [0.15, 0.2) is 0 Å². The highest BCUT2D eigenvalue weighted by Gasteiger charge is 2.07. The van der Waals surface area contributed by atoms with E-state index in [-0.39, 0.29) is 0 Å². The maximum Gasteiger partial charge on any atom is -0.00131 e. The lowest BCUT2D eigenvalue weighted by atomic mass is 9.91. The maximum atomic E-state index is 2.38. The van der Waals surface area contributed by atoms with Gasteiger partial charge in [-0.05, 0) is 48.6 Å². The highest BCUT2D eigenvalue weighted by molar-refractivity contribution is 5.19. The summed E-state index contributed by atoms with van der Waals surface area (Å²) in [7, 11) is 0. The smallest absolute Gasteiger partial charge is 0.00131 e. The molecule has 0 fully saturated rings. The minimum absolute atomic E-state index is 0.579. The molecule has 0 aliphatic heterocycles. The minimum Gasteiger partial charge on any atom is -0.0876 e. The largest absolute Gasteiger partial charge is 0.0876 e. The van der Waals surface area contributed by atoms with Gasteiger partial charge in [0.05, 0.1) is 0 Å². The molecule has 0 heteroatoms. The first-order valence-electron chi connectivity index (χ1n) is 13.7. The average Bonchev–Trinajstić information content (AvgIpc) is 2.95. The monoisotopic (exact) mass is 470 g/mol. The van der Waals surface area contributed by atoms with Gasteiger partial charge in [0.1, 0.15) is 0 Å². The third-order valence-corrected chi connectivity index (χ3v) is 5.51. The summed E-state index contributed by atoms with van der Waals surface area (Å²) in [6, 6.07) is 33.2. The molecule has 1 aliphatic rings. The summed E-state index contributed by atoms with van der Waals surface area (Å²) in [6.07, 6.45) is 15.6. The van der Waals surface area contributed by atoms with E-state index in [4.69, 9.17) is 0 Å². The Morgan fingerprint density at radius 1 is 0.543 bits per heavy atom. The molecular weight excluding hydrogens is 420 g/mol. The van der Waals surface area contributed by atoms with E-state index >= 15 is 0 Å². The van der Waals surface area contributed by atoms with E-state index < -0.39 is 0 Å². The number of hydrogen-bond donors (Lipinski definition) is 0. The van der Waals surface area contributed by atoms with Crippen molar-refractivity contribution in [1.29, 1.82) is 0 Å². The molecule has 0 saturated heterocycles. The molecule has 4 rings (SSSR count). The lowest BCUT2D eigenvalue weighted by Crippen LogP contribution is -2.02. The number of aryl methyl sites for hydroxylation is 1. The summed E-state index contributed by atoms with van der Waals surface area (Å²) in [5, 5.41) is 0. The summed E-state index contributed by atoms with van der Waals surface area (Å²) < 4.78 is 0. The second-order valence-electron chi connectivity index (χ2n) is 7.95. The standard InChI is InChI=1S/C17H22.C8H10.C6H6.2C2H6/c1-2-15-10-6-12-17(13-7-11-15)14-16-8-4-3-5-9-16;1-2-8-6-4-3-5-7-8;1-2-4-6-5-3-1;2*1-2/h3-9,12-13,15,17H,2,10-11,14H2,1H3;3-7H,2H2,1H3;1-6H;2*1-2H3. The van der Waals surface area contributed by atoms with E-state index in [2.05, 4.69) is 92.7 Å². The van der Waals surface area contributed by atoms with E-state index in [0.29, 0.717) is 5.92 Å². The van der Waals surface area contributed by atoms with Crippen molar-refractivity contribution in [3.05, 3.63) is 132 Å². The molecule has 0 bridgehead atoms. The molecule has 0 unspecified atom stereocenters. The number of rotatable bonds is 4. The van der Waals surface area contributed by atoms with Crippen LogP contribution >= 0.6 is 0 Å². The Balaban J connectivity index is 0.000000532. The van der Waals surface area contributed by atoms with Crippen molar-refractivity contribution in [3.63, 3.8) is 0 Å². The predicted octanol–water partition coefficient (Wildman–Crippen LogP) is 10.8. The minimum atomic E-state index is 0.579. The maximum absolute atomic E-state index is 2.38.